The normalized spacial score (nSPS) is 10.1. The number of hydrogen-bond donors (Lipinski definition) is 2. The first-order valence-corrected chi connectivity index (χ1v) is 4.86. The van der Waals surface area contributed by atoms with E-state index >= 15 is 0 Å². The summed E-state index contributed by atoms with van der Waals surface area (Å²) in [6.07, 6.45) is 1.30. The topological polar surface area (TPSA) is 84.9 Å². The van der Waals surface area contributed by atoms with Crippen LogP contribution in [0.25, 0.3) is 0 Å². The molecule has 0 unspecified atom stereocenters. The fourth-order valence-electron chi connectivity index (χ4n) is 1.19. The highest BCUT2D eigenvalue weighted by Gasteiger charge is 2.09. The molecule has 0 saturated carbocycles. The van der Waals surface area contributed by atoms with Crippen molar-refractivity contribution in [2.75, 3.05) is 0 Å². The van der Waals surface area contributed by atoms with Crippen LogP contribution < -0.4 is 10.5 Å². The Kier molecular flexibility index (Phi) is 3.13. The molecule has 5 nitrogen and oxygen atoms in total. The molecule has 0 radical (unpaired) electrons. The molecule has 2 rings (SSSR count). The van der Waals surface area contributed by atoms with Gasteiger partial charge in [-0.2, -0.15) is 4.98 Å². The van der Waals surface area contributed by atoms with Gasteiger partial charge < -0.3 is 10.5 Å². The van der Waals surface area contributed by atoms with E-state index in [0.29, 0.717) is 0 Å². The van der Waals surface area contributed by atoms with Crippen LogP contribution in [-0.4, -0.2) is 15.8 Å². The van der Waals surface area contributed by atoms with Crippen LogP contribution in [0.4, 0.5) is 8.78 Å². The lowest BCUT2D eigenvalue weighted by atomic mass is 10.3. The van der Waals surface area contributed by atoms with Crippen molar-refractivity contribution in [2.24, 2.45) is 5.73 Å². The maximum absolute atomic E-state index is 13.3. The first-order valence-electron chi connectivity index (χ1n) is 4.86. The Hall–Kier alpha value is -2.57. The van der Waals surface area contributed by atoms with Gasteiger partial charge >= 0.3 is 6.01 Å². The second-order valence-electron chi connectivity index (χ2n) is 3.31. The minimum Gasteiger partial charge on any atom is -0.421 e. The molecule has 1 aromatic heterocycles. The molecule has 1 heterocycles. The van der Waals surface area contributed by atoms with Gasteiger partial charge in [0, 0.05) is 12.3 Å². The first-order chi connectivity index (χ1) is 8.56. The van der Waals surface area contributed by atoms with Gasteiger partial charge in [-0.3, -0.25) is 5.41 Å². The molecule has 2 aromatic rings. The lowest BCUT2D eigenvalue weighted by molar-refractivity contribution is 0.406. The molecule has 92 valence electrons. The summed E-state index contributed by atoms with van der Waals surface area (Å²) in [6, 6.07) is 3.96. The Morgan fingerprint density at radius 3 is 2.78 bits per heavy atom. The van der Waals surface area contributed by atoms with Gasteiger partial charge in [0.05, 0.1) is 0 Å². The van der Waals surface area contributed by atoms with Crippen LogP contribution in [0.3, 0.4) is 0 Å². The number of nitrogen functional groups attached to an aromatic ring is 1. The van der Waals surface area contributed by atoms with E-state index in [2.05, 4.69) is 9.97 Å². The summed E-state index contributed by atoms with van der Waals surface area (Å²) in [7, 11) is 0. The zero-order valence-electron chi connectivity index (χ0n) is 9.02. The Morgan fingerprint density at radius 1 is 1.28 bits per heavy atom. The molecule has 1 aromatic carbocycles. The van der Waals surface area contributed by atoms with Crippen molar-refractivity contribution in [3.05, 3.63) is 47.8 Å². The van der Waals surface area contributed by atoms with Gasteiger partial charge in [0.25, 0.3) is 0 Å². The summed E-state index contributed by atoms with van der Waals surface area (Å²) in [4.78, 5) is 7.48. The number of nitrogens with two attached hydrogens (primary N) is 1. The number of ether oxygens (including phenoxy) is 1. The molecule has 0 spiro atoms. The van der Waals surface area contributed by atoms with Gasteiger partial charge in [-0.05, 0) is 18.2 Å². The van der Waals surface area contributed by atoms with Crippen molar-refractivity contribution in [1.29, 1.82) is 5.41 Å². The number of nitrogens with one attached hydrogen (secondary N) is 1. The van der Waals surface area contributed by atoms with Gasteiger partial charge in [0.15, 0.2) is 11.6 Å². The summed E-state index contributed by atoms with van der Waals surface area (Å²) in [5.74, 6) is -2.00. The van der Waals surface area contributed by atoms with E-state index in [1.54, 1.807) is 0 Å². The molecule has 0 fully saturated rings. The maximum Gasteiger partial charge on any atom is 0.322 e. The quantitative estimate of drug-likeness (QED) is 0.642. The maximum atomic E-state index is 13.3. The zero-order valence-corrected chi connectivity index (χ0v) is 9.02. The van der Waals surface area contributed by atoms with E-state index in [0.717, 1.165) is 18.2 Å². The summed E-state index contributed by atoms with van der Waals surface area (Å²) >= 11 is 0. The summed E-state index contributed by atoms with van der Waals surface area (Å²) in [5, 5.41) is 7.19. The molecule has 0 aliphatic carbocycles. The minimum absolute atomic E-state index is 0.136. The van der Waals surface area contributed by atoms with Crippen LogP contribution in [-0.2, 0) is 0 Å². The van der Waals surface area contributed by atoms with Crippen molar-refractivity contribution in [1.82, 2.24) is 9.97 Å². The number of aromatic nitrogens is 2. The minimum atomic E-state index is -0.742. The van der Waals surface area contributed by atoms with Crippen molar-refractivity contribution < 1.29 is 13.5 Å². The molecule has 0 atom stereocenters. The van der Waals surface area contributed by atoms with Crippen molar-refractivity contribution in [2.45, 2.75) is 0 Å². The van der Waals surface area contributed by atoms with E-state index in [-0.39, 0.29) is 23.3 Å². The lowest BCUT2D eigenvalue weighted by Crippen LogP contribution is -2.13. The first kappa shape index (κ1) is 11.9. The fourth-order valence-corrected chi connectivity index (χ4v) is 1.19. The average Bonchev–Trinajstić information content (AvgIpc) is 2.34. The number of amidine groups is 1. The van der Waals surface area contributed by atoms with Crippen LogP contribution in [0.15, 0.2) is 30.5 Å². The monoisotopic (exact) mass is 250 g/mol. The van der Waals surface area contributed by atoms with E-state index in [1.165, 1.54) is 12.3 Å². The molecule has 0 aliphatic rings. The second-order valence-corrected chi connectivity index (χ2v) is 3.31. The Morgan fingerprint density at radius 2 is 2.06 bits per heavy atom. The van der Waals surface area contributed by atoms with Crippen LogP contribution in [0, 0.1) is 17.0 Å². The number of hydrogen-bond acceptors (Lipinski definition) is 4. The van der Waals surface area contributed by atoms with Crippen molar-refractivity contribution >= 4 is 5.84 Å². The summed E-state index contributed by atoms with van der Waals surface area (Å²) in [5.41, 5.74) is 5.37. The van der Waals surface area contributed by atoms with Gasteiger partial charge in [0.2, 0.25) is 0 Å². The van der Waals surface area contributed by atoms with Gasteiger partial charge in [-0.1, -0.05) is 0 Å². The molecule has 3 N–H and O–H groups in total. The Labute approximate surface area is 101 Å². The molecule has 18 heavy (non-hydrogen) atoms. The molecule has 7 heteroatoms. The smallest absolute Gasteiger partial charge is 0.322 e. The van der Waals surface area contributed by atoms with Crippen LogP contribution in [0.2, 0.25) is 0 Å². The van der Waals surface area contributed by atoms with E-state index in [4.69, 9.17) is 15.9 Å². The largest absolute Gasteiger partial charge is 0.421 e. The summed E-state index contributed by atoms with van der Waals surface area (Å²) < 4.78 is 31.2. The number of benzene rings is 1. The molecule has 0 aliphatic heterocycles. The highest BCUT2D eigenvalue weighted by molar-refractivity contribution is 5.92. The van der Waals surface area contributed by atoms with Crippen LogP contribution >= 0.6 is 0 Å². The van der Waals surface area contributed by atoms with Gasteiger partial charge in [0.1, 0.15) is 17.3 Å². The molecular weight excluding hydrogens is 242 g/mol. The number of rotatable bonds is 3. The lowest BCUT2D eigenvalue weighted by Gasteiger charge is -2.05. The SMILES string of the molecule is N=C(N)c1ccnc(Oc2cc(F)ccc2F)n1. The molecule has 0 saturated heterocycles. The highest BCUT2D eigenvalue weighted by Crippen LogP contribution is 2.22. The standard InChI is InChI=1S/C11H8F2N4O/c12-6-1-2-7(13)9(5-6)18-11-16-4-3-8(17-11)10(14)15/h1-5H,(H3,14,15). The van der Waals surface area contributed by atoms with E-state index in [9.17, 15) is 8.78 Å². The van der Waals surface area contributed by atoms with Crippen LogP contribution in [0.1, 0.15) is 5.69 Å². The molecule has 0 bridgehead atoms. The van der Waals surface area contributed by atoms with E-state index < -0.39 is 11.6 Å². The van der Waals surface area contributed by atoms with Crippen LogP contribution in [0.5, 0.6) is 11.8 Å². The number of halogens is 2. The van der Waals surface area contributed by atoms with Crippen molar-refractivity contribution in [3.8, 4) is 11.8 Å². The Balaban J connectivity index is 2.31. The predicted octanol–water partition coefficient (Wildman–Crippen LogP) is 1.83. The molecule has 0 amide bonds. The zero-order chi connectivity index (χ0) is 13.1. The van der Waals surface area contributed by atoms with E-state index in [1.807, 2.05) is 0 Å². The fraction of sp³-hybridized carbons (Fsp3) is 0. The average molecular weight is 250 g/mol. The van der Waals surface area contributed by atoms with Gasteiger partial charge in [-0.25, -0.2) is 13.8 Å². The third-order valence-electron chi connectivity index (χ3n) is 2.00. The molecular formula is C11H8F2N4O. The van der Waals surface area contributed by atoms with Gasteiger partial charge in [-0.15, -0.1) is 0 Å². The number of nitrogens with zero attached hydrogens (tertiary/aromatic N) is 2. The third-order valence-corrected chi connectivity index (χ3v) is 2.00. The highest BCUT2D eigenvalue weighted by atomic mass is 19.1. The second kappa shape index (κ2) is 4.74. The predicted molar refractivity (Wildman–Crippen MR) is 59.5 cm³/mol. The summed E-state index contributed by atoms with van der Waals surface area (Å²) in [6.45, 7) is 0. The third kappa shape index (κ3) is 2.57. The Bertz CT molecular complexity index is 603. The van der Waals surface area contributed by atoms with Crippen molar-refractivity contribution in [3.63, 3.8) is 0 Å².